The number of benzene rings is 2. The molecule has 0 spiro atoms. The number of aryl methyl sites for hydroxylation is 1. The molecule has 1 aliphatic rings. The quantitative estimate of drug-likeness (QED) is 0.627. The van der Waals surface area contributed by atoms with Crippen LogP contribution >= 0.6 is 11.8 Å². The van der Waals surface area contributed by atoms with Gasteiger partial charge < -0.3 is 9.32 Å². The van der Waals surface area contributed by atoms with E-state index < -0.39 is 0 Å². The summed E-state index contributed by atoms with van der Waals surface area (Å²) in [6.07, 6.45) is 3.62. The summed E-state index contributed by atoms with van der Waals surface area (Å²) in [6, 6.07) is 18.1. The molecule has 0 fully saturated rings. The summed E-state index contributed by atoms with van der Waals surface area (Å²) in [5.74, 6) is 1.47. The van der Waals surface area contributed by atoms with Gasteiger partial charge in [-0.15, -0.1) is 11.8 Å². The van der Waals surface area contributed by atoms with E-state index in [0.29, 0.717) is 24.0 Å². The third-order valence-electron chi connectivity index (χ3n) is 4.71. The van der Waals surface area contributed by atoms with Gasteiger partial charge in [0.1, 0.15) is 0 Å². The Morgan fingerprint density at radius 1 is 1.19 bits per heavy atom. The van der Waals surface area contributed by atoms with Gasteiger partial charge in [0.2, 0.25) is 5.91 Å². The van der Waals surface area contributed by atoms with Crippen LogP contribution in [0.5, 0.6) is 0 Å². The number of para-hydroxylation sites is 1. The normalized spacial score (nSPS) is 16.6. The lowest BCUT2D eigenvalue weighted by molar-refractivity contribution is -0.118. The summed E-state index contributed by atoms with van der Waals surface area (Å²) in [7, 11) is 0. The van der Waals surface area contributed by atoms with Gasteiger partial charge in [-0.25, -0.2) is 4.98 Å². The number of fused-ring (bicyclic) bond motifs is 1. The third-order valence-corrected chi connectivity index (χ3v) is 5.95. The van der Waals surface area contributed by atoms with Gasteiger partial charge in [0.15, 0.2) is 11.7 Å². The Kier molecular flexibility index (Phi) is 5.30. The number of thioether (sulfide) groups is 1. The zero-order chi connectivity index (χ0) is 18.6. The number of rotatable bonds is 4. The van der Waals surface area contributed by atoms with Crippen LogP contribution in [0.2, 0.25) is 0 Å². The Morgan fingerprint density at radius 2 is 1.96 bits per heavy atom. The number of amides is 1. The van der Waals surface area contributed by atoms with Crippen molar-refractivity contribution in [2.24, 2.45) is 0 Å². The average molecular weight is 378 g/mol. The summed E-state index contributed by atoms with van der Waals surface area (Å²) in [4.78, 5) is 20.4. The molecule has 2 heterocycles. The fourth-order valence-electron chi connectivity index (χ4n) is 3.26. The largest absolute Gasteiger partial charge is 0.441 e. The predicted octanol–water partition coefficient (Wildman–Crippen LogP) is 5.19. The van der Waals surface area contributed by atoms with Crippen LogP contribution in [0.1, 0.15) is 25.7 Å². The second-order valence-electron chi connectivity index (χ2n) is 6.71. The first-order valence-electron chi connectivity index (χ1n) is 9.27. The Morgan fingerprint density at radius 3 is 2.81 bits per heavy atom. The van der Waals surface area contributed by atoms with Crippen LogP contribution in [-0.2, 0) is 11.2 Å². The summed E-state index contributed by atoms with van der Waals surface area (Å²) < 4.78 is 5.83. The van der Waals surface area contributed by atoms with Gasteiger partial charge in [0.05, 0.1) is 11.9 Å². The molecule has 1 aliphatic heterocycles. The zero-order valence-corrected chi connectivity index (χ0v) is 16.1. The Hall–Kier alpha value is -2.53. The van der Waals surface area contributed by atoms with Gasteiger partial charge in [0, 0.05) is 35.1 Å². The van der Waals surface area contributed by atoms with E-state index >= 15 is 0 Å². The van der Waals surface area contributed by atoms with E-state index in [1.54, 1.807) is 6.20 Å². The summed E-state index contributed by atoms with van der Waals surface area (Å²) in [6.45, 7) is 2.97. The molecule has 0 saturated carbocycles. The second kappa shape index (κ2) is 8.01. The molecular weight excluding hydrogens is 356 g/mol. The highest BCUT2D eigenvalue weighted by Crippen LogP contribution is 2.37. The minimum absolute atomic E-state index is 0.122. The second-order valence-corrected chi connectivity index (χ2v) is 8.19. The lowest BCUT2D eigenvalue weighted by Crippen LogP contribution is -2.32. The van der Waals surface area contributed by atoms with Crippen molar-refractivity contribution in [2.45, 2.75) is 36.3 Å². The van der Waals surface area contributed by atoms with Crippen LogP contribution in [0.4, 0.5) is 5.69 Å². The molecule has 1 atom stereocenters. The molecule has 0 aliphatic carbocycles. The first-order valence-corrected chi connectivity index (χ1v) is 10.1. The SMILES string of the molecule is CC1CCN(C(=O)CCc2ncc(-c3ccccc3)o2)c2ccccc2S1. The van der Waals surface area contributed by atoms with Crippen LogP contribution in [-0.4, -0.2) is 22.7 Å². The summed E-state index contributed by atoms with van der Waals surface area (Å²) in [5, 5.41) is 0.504. The Bertz CT molecular complexity index is 923. The fourth-order valence-corrected chi connectivity index (χ4v) is 4.37. The van der Waals surface area contributed by atoms with Crippen molar-refractivity contribution >= 4 is 23.4 Å². The highest BCUT2D eigenvalue weighted by atomic mass is 32.2. The predicted molar refractivity (Wildman–Crippen MR) is 109 cm³/mol. The van der Waals surface area contributed by atoms with E-state index in [4.69, 9.17) is 4.42 Å². The van der Waals surface area contributed by atoms with E-state index in [0.717, 1.165) is 30.0 Å². The molecule has 0 radical (unpaired) electrons. The molecule has 3 aromatic rings. The number of anilines is 1. The molecule has 0 N–H and O–H groups in total. The van der Waals surface area contributed by atoms with Crippen LogP contribution in [0.25, 0.3) is 11.3 Å². The number of aromatic nitrogens is 1. The van der Waals surface area contributed by atoms with Gasteiger partial charge in [-0.05, 0) is 18.6 Å². The lowest BCUT2D eigenvalue weighted by Gasteiger charge is -2.22. The maximum atomic E-state index is 12.9. The number of carbonyl (C=O) groups excluding carboxylic acids is 1. The smallest absolute Gasteiger partial charge is 0.227 e. The Balaban J connectivity index is 1.45. The molecule has 0 saturated heterocycles. The molecular formula is C22H22N2O2S. The zero-order valence-electron chi connectivity index (χ0n) is 15.3. The fraction of sp³-hybridized carbons (Fsp3) is 0.273. The Labute approximate surface area is 163 Å². The lowest BCUT2D eigenvalue weighted by atomic mass is 10.2. The molecule has 27 heavy (non-hydrogen) atoms. The molecule has 5 heteroatoms. The summed E-state index contributed by atoms with van der Waals surface area (Å²) >= 11 is 1.84. The van der Waals surface area contributed by atoms with Crippen molar-refractivity contribution in [3.05, 3.63) is 66.7 Å². The number of oxazole rings is 1. The van der Waals surface area contributed by atoms with Crippen molar-refractivity contribution in [3.8, 4) is 11.3 Å². The molecule has 4 rings (SSSR count). The van der Waals surface area contributed by atoms with Gasteiger partial charge in [-0.3, -0.25) is 4.79 Å². The van der Waals surface area contributed by atoms with Crippen molar-refractivity contribution in [3.63, 3.8) is 0 Å². The number of nitrogens with zero attached hydrogens (tertiary/aromatic N) is 2. The first-order chi connectivity index (χ1) is 13.2. The number of hydrogen-bond donors (Lipinski definition) is 0. The van der Waals surface area contributed by atoms with E-state index in [2.05, 4.69) is 18.0 Å². The van der Waals surface area contributed by atoms with E-state index in [1.807, 2.05) is 65.2 Å². The summed E-state index contributed by atoms with van der Waals surface area (Å²) in [5.41, 5.74) is 2.02. The number of hydrogen-bond acceptors (Lipinski definition) is 4. The third kappa shape index (κ3) is 4.08. The molecule has 1 aromatic heterocycles. The maximum Gasteiger partial charge on any atom is 0.227 e. The minimum atomic E-state index is 0.122. The van der Waals surface area contributed by atoms with Crippen molar-refractivity contribution in [1.82, 2.24) is 4.98 Å². The van der Waals surface area contributed by atoms with E-state index in [9.17, 15) is 4.79 Å². The van der Waals surface area contributed by atoms with Crippen molar-refractivity contribution < 1.29 is 9.21 Å². The number of carbonyl (C=O) groups is 1. The van der Waals surface area contributed by atoms with Gasteiger partial charge in [0.25, 0.3) is 0 Å². The molecule has 2 aromatic carbocycles. The first kappa shape index (κ1) is 17.9. The van der Waals surface area contributed by atoms with Crippen molar-refractivity contribution in [1.29, 1.82) is 0 Å². The monoisotopic (exact) mass is 378 g/mol. The van der Waals surface area contributed by atoms with Crippen LogP contribution < -0.4 is 4.90 Å². The highest BCUT2D eigenvalue weighted by molar-refractivity contribution is 8.00. The topological polar surface area (TPSA) is 46.3 Å². The van der Waals surface area contributed by atoms with Gasteiger partial charge >= 0.3 is 0 Å². The van der Waals surface area contributed by atoms with Crippen LogP contribution in [0.3, 0.4) is 0 Å². The molecule has 1 amide bonds. The maximum absolute atomic E-state index is 12.9. The van der Waals surface area contributed by atoms with E-state index in [1.165, 1.54) is 4.90 Å². The van der Waals surface area contributed by atoms with Crippen LogP contribution in [0, 0.1) is 0 Å². The standard InChI is InChI=1S/C22H22N2O2S/c1-16-13-14-24(18-9-5-6-10-20(18)27-16)22(25)12-11-21-23-15-19(26-21)17-7-3-2-4-8-17/h2-10,15-16H,11-14H2,1H3. The minimum Gasteiger partial charge on any atom is -0.441 e. The highest BCUT2D eigenvalue weighted by Gasteiger charge is 2.24. The molecule has 4 nitrogen and oxygen atoms in total. The van der Waals surface area contributed by atoms with Crippen molar-refractivity contribution in [2.75, 3.05) is 11.4 Å². The van der Waals surface area contributed by atoms with Gasteiger partial charge in [-0.1, -0.05) is 49.4 Å². The average Bonchev–Trinajstić information content (AvgIpc) is 3.10. The molecule has 1 unspecified atom stereocenters. The molecule has 138 valence electrons. The van der Waals surface area contributed by atoms with Gasteiger partial charge in [-0.2, -0.15) is 0 Å². The van der Waals surface area contributed by atoms with Crippen LogP contribution in [0.15, 0.2) is 70.1 Å². The molecule has 0 bridgehead atoms. The van der Waals surface area contributed by atoms with E-state index in [-0.39, 0.29) is 5.91 Å².